The molecule has 1 unspecified atom stereocenters. The first-order valence-electron chi connectivity index (χ1n) is 5.10. The van der Waals surface area contributed by atoms with Gasteiger partial charge in [-0.2, -0.15) is 0 Å². The van der Waals surface area contributed by atoms with E-state index in [2.05, 4.69) is 6.07 Å². The van der Waals surface area contributed by atoms with Crippen molar-refractivity contribution >= 4 is 10.7 Å². The molecule has 0 spiro atoms. The molecule has 0 aliphatic heterocycles. The van der Waals surface area contributed by atoms with Crippen LogP contribution < -0.4 is 10.5 Å². The van der Waals surface area contributed by atoms with Crippen molar-refractivity contribution in [2.45, 2.75) is 25.1 Å². The fourth-order valence-electron chi connectivity index (χ4n) is 1.15. The second kappa shape index (κ2) is 6.50. The first kappa shape index (κ1) is 13.0. The van der Waals surface area contributed by atoms with Crippen LogP contribution in [0.15, 0.2) is 18.2 Å². The fourth-order valence-corrected chi connectivity index (χ4v) is 1.47. The number of thiol groups is 1. The van der Waals surface area contributed by atoms with E-state index >= 15 is 0 Å². The summed E-state index contributed by atoms with van der Waals surface area (Å²) in [6, 6.07) is 8.31. The third kappa shape index (κ3) is 4.20. The van der Waals surface area contributed by atoms with E-state index < -0.39 is 10.7 Å². The predicted octanol–water partition coefficient (Wildman–Crippen LogP) is 0.714. The summed E-state index contributed by atoms with van der Waals surface area (Å²) in [7, 11) is -2.36. The van der Waals surface area contributed by atoms with Crippen LogP contribution in [0.5, 0.6) is 5.75 Å². The molecule has 0 saturated carbocycles. The summed E-state index contributed by atoms with van der Waals surface area (Å²) >= 11 is 0. The summed E-state index contributed by atoms with van der Waals surface area (Å²) in [4.78, 5) is 0. The van der Waals surface area contributed by atoms with Crippen molar-refractivity contribution in [2.75, 3.05) is 6.61 Å². The molecule has 1 rings (SSSR count). The van der Waals surface area contributed by atoms with Gasteiger partial charge < -0.3 is 10.5 Å². The quantitative estimate of drug-likeness (QED) is 0.721. The van der Waals surface area contributed by atoms with Gasteiger partial charge in [0.25, 0.3) is 0 Å². The molecule has 0 heterocycles. The molecule has 0 saturated heterocycles. The molecule has 0 amide bonds. The molecule has 5 heteroatoms. The minimum atomic E-state index is -2.36. The maximum atomic E-state index is 10.6. The molecule has 16 heavy (non-hydrogen) atoms. The lowest BCUT2D eigenvalue weighted by Crippen LogP contribution is -2.10. The number of hydrogen-bond acceptors (Lipinski definition) is 4. The highest BCUT2D eigenvalue weighted by molar-refractivity contribution is 7.73. The minimum Gasteiger partial charge on any atom is -0.494 e. The summed E-state index contributed by atoms with van der Waals surface area (Å²) in [6.45, 7) is 2.47. The van der Waals surface area contributed by atoms with Crippen molar-refractivity contribution in [3.05, 3.63) is 29.8 Å². The van der Waals surface area contributed by atoms with Gasteiger partial charge in [-0.1, -0.05) is 6.07 Å². The molecule has 2 N–H and O–H groups in total. The third-order valence-corrected chi connectivity index (χ3v) is 3.19. The Balaban J connectivity index is 2.42. The molecule has 1 radical (unpaired) electrons. The van der Waals surface area contributed by atoms with Gasteiger partial charge in [0.2, 0.25) is 0 Å². The zero-order valence-electron chi connectivity index (χ0n) is 9.18. The van der Waals surface area contributed by atoms with Gasteiger partial charge in [0.05, 0.1) is 11.9 Å². The zero-order chi connectivity index (χ0) is 12.0. The van der Waals surface area contributed by atoms with Crippen LogP contribution in [-0.2, 0) is 17.2 Å². The van der Waals surface area contributed by atoms with Gasteiger partial charge in [-0.3, -0.25) is 0 Å². The van der Waals surface area contributed by atoms with Crippen molar-refractivity contribution in [3.63, 3.8) is 0 Å². The van der Waals surface area contributed by atoms with Gasteiger partial charge in [-0.05, 0) is 37.1 Å². The summed E-state index contributed by atoms with van der Waals surface area (Å²) < 4.78 is 26.6. The maximum absolute atomic E-state index is 10.6. The molecule has 1 atom stereocenters. The Bertz CT molecular complexity index is 396. The van der Waals surface area contributed by atoms with Crippen molar-refractivity contribution in [1.82, 2.24) is 0 Å². The lowest BCUT2D eigenvalue weighted by molar-refractivity contribution is 0.309. The Labute approximate surface area is 97.4 Å². The summed E-state index contributed by atoms with van der Waals surface area (Å²) in [6.07, 6.45) is 0.495. The zero-order valence-corrected chi connectivity index (χ0v) is 10.1. The van der Waals surface area contributed by atoms with Crippen molar-refractivity contribution < 1.29 is 13.2 Å². The van der Waals surface area contributed by atoms with E-state index in [0.29, 0.717) is 25.3 Å². The lowest BCUT2D eigenvalue weighted by atomic mass is 10.2. The van der Waals surface area contributed by atoms with Crippen molar-refractivity contribution in [2.24, 2.45) is 5.73 Å². The molecule has 0 aromatic heterocycles. The number of rotatable bonds is 6. The van der Waals surface area contributed by atoms with Crippen LogP contribution in [0.25, 0.3) is 0 Å². The largest absolute Gasteiger partial charge is 0.494 e. The Morgan fingerprint density at radius 1 is 1.56 bits per heavy atom. The molecule has 0 aliphatic rings. The smallest absolute Gasteiger partial charge is 0.142 e. The van der Waals surface area contributed by atoms with Crippen LogP contribution in [0.2, 0.25) is 0 Å². The number of hydrogen-bond donors (Lipinski definition) is 2. The van der Waals surface area contributed by atoms with Gasteiger partial charge in [-0.15, -0.1) is 0 Å². The van der Waals surface area contributed by atoms with Gasteiger partial charge >= 0.3 is 0 Å². The Morgan fingerprint density at radius 3 is 2.94 bits per heavy atom. The molecule has 4 nitrogen and oxygen atoms in total. The predicted molar refractivity (Wildman–Crippen MR) is 63.1 cm³/mol. The van der Waals surface area contributed by atoms with Crippen molar-refractivity contribution in [1.29, 1.82) is 0 Å². The number of benzene rings is 1. The van der Waals surface area contributed by atoms with Gasteiger partial charge in [0.15, 0.2) is 0 Å². The Kier molecular flexibility index (Phi) is 5.28. The van der Waals surface area contributed by atoms with E-state index in [1.54, 1.807) is 19.1 Å². The van der Waals surface area contributed by atoms with Crippen LogP contribution >= 0.6 is 0 Å². The van der Waals surface area contributed by atoms with Crippen LogP contribution in [0.4, 0.5) is 0 Å². The van der Waals surface area contributed by atoms with Crippen LogP contribution in [0.3, 0.4) is 0 Å². The highest BCUT2D eigenvalue weighted by Crippen LogP contribution is 2.13. The minimum absolute atomic E-state index is 0.348. The van der Waals surface area contributed by atoms with Gasteiger partial charge in [0, 0.05) is 6.54 Å². The topological polar surface area (TPSA) is 69.4 Å². The molecular formula is C11H16NO3S. The third-order valence-electron chi connectivity index (χ3n) is 2.22. The van der Waals surface area contributed by atoms with Gasteiger partial charge in [0.1, 0.15) is 16.5 Å². The highest BCUT2D eigenvalue weighted by Gasteiger charge is 2.04. The average molecular weight is 242 g/mol. The molecule has 1 aromatic rings. The van der Waals surface area contributed by atoms with E-state index in [4.69, 9.17) is 10.5 Å². The normalized spacial score (nSPS) is 12.7. The van der Waals surface area contributed by atoms with E-state index in [9.17, 15) is 8.42 Å². The second-order valence-electron chi connectivity index (χ2n) is 3.53. The van der Waals surface area contributed by atoms with Gasteiger partial charge in [-0.25, -0.2) is 8.42 Å². The van der Waals surface area contributed by atoms with Crippen molar-refractivity contribution in [3.8, 4) is 5.75 Å². The maximum Gasteiger partial charge on any atom is 0.142 e. The first-order chi connectivity index (χ1) is 7.63. The average Bonchev–Trinajstić information content (AvgIpc) is 2.29. The standard InChI is InChI=1S/C11H16NO3S/c1-9(16(13)14)5-6-15-11-4-2-3-10(7-11)8-12/h2,4,7,9,16H,5-6,8,12H2,1H3. The molecule has 1 aromatic carbocycles. The number of ether oxygens (including phenoxy) is 1. The van der Waals surface area contributed by atoms with E-state index in [0.717, 1.165) is 5.56 Å². The van der Waals surface area contributed by atoms with Crippen LogP contribution in [-0.4, -0.2) is 20.3 Å². The monoisotopic (exact) mass is 242 g/mol. The lowest BCUT2D eigenvalue weighted by Gasteiger charge is -2.08. The summed E-state index contributed by atoms with van der Waals surface area (Å²) in [5.41, 5.74) is 6.34. The summed E-state index contributed by atoms with van der Waals surface area (Å²) in [5.74, 6) is 0.701. The summed E-state index contributed by atoms with van der Waals surface area (Å²) in [5, 5.41) is -0.348. The van der Waals surface area contributed by atoms with E-state index in [1.807, 2.05) is 6.07 Å². The Morgan fingerprint density at radius 2 is 2.31 bits per heavy atom. The van der Waals surface area contributed by atoms with Crippen LogP contribution in [0, 0.1) is 6.07 Å². The molecule has 89 valence electrons. The van der Waals surface area contributed by atoms with E-state index in [1.165, 1.54) is 0 Å². The molecule has 0 bridgehead atoms. The SMILES string of the molecule is CC(CCOc1cc[c]c(CN)c1)[SH](=O)=O. The second-order valence-corrected chi connectivity index (χ2v) is 4.98. The molecular weight excluding hydrogens is 226 g/mol. The van der Waals surface area contributed by atoms with Crippen LogP contribution in [0.1, 0.15) is 18.9 Å². The highest BCUT2D eigenvalue weighted by atomic mass is 32.2. The molecule has 0 aliphatic carbocycles. The molecule has 0 fully saturated rings. The van der Waals surface area contributed by atoms with E-state index in [-0.39, 0.29) is 5.25 Å². The Hall–Kier alpha value is -1.07. The number of nitrogens with two attached hydrogens (primary N) is 1. The first-order valence-corrected chi connectivity index (χ1v) is 6.35. The fraction of sp³-hybridized carbons (Fsp3) is 0.455.